The molecule has 38 heavy (non-hydrogen) atoms. The van der Waals surface area contributed by atoms with Crippen molar-refractivity contribution in [3.63, 3.8) is 0 Å². The van der Waals surface area contributed by atoms with Gasteiger partial charge in [0.1, 0.15) is 5.60 Å². The van der Waals surface area contributed by atoms with Crippen molar-refractivity contribution in [2.24, 2.45) is 0 Å². The lowest BCUT2D eigenvalue weighted by atomic mass is 9.84. The van der Waals surface area contributed by atoms with E-state index in [-0.39, 0.29) is 23.5 Å². The number of rotatable bonds is 7. The molecule has 2 saturated heterocycles. The highest BCUT2D eigenvalue weighted by atomic mass is 16.6. The van der Waals surface area contributed by atoms with Gasteiger partial charge in [-0.05, 0) is 51.7 Å². The first-order valence-corrected chi connectivity index (χ1v) is 14.0. The van der Waals surface area contributed by atoms with Crippen LogP contribution in [0.3, 0.4) is 0 Å². The van der Waals surface area contributed by atoms with Crippen molar-refractivity contribution in [1.29, 1.82) is 0 Å². The number of amides is 2. The van der Waals surface area contributed by atoms with E-state index in [1.807, 2.05) is 62.9 Å². The molecule has 2 aliphatic heterocycles. The Kier molecular flexibility index (Phi) is 9.11. The second-order valence-electron chi connectivity index (χ2n) is 11.8. The number of hydrogen-bond donors (Lipinski definition) is 1. The van der Waals surface area contributed by atoms with E-state index < -0.39 is 5.60 Å². The molecular weight excluding hydrogens is 476 g/mol. The van der Waals surface area contributed by atoms with Crippen LogP contribution in [0.15, 0.2) is 60.7 Å². The number of hydrogen-bond acceptors (Lipinski definition) is 5. The molecule has 1 N–H and O–H groups in total. The predicted octanol–water partition coefficient (Wildman–Crippen LogP) is 4.49. The largest absolute Gasteiger partial charge is 0.444 e. The number of likely N-dealkylation sites (tertiary alicyclic amines) is 1. The summed E-state index contributed by atoms with van der Waals surface area (Å²) in [5.41, 5.74) is 1.67. The highest BCUT2D eigenvalue weighted by Gasteiger charge is 2.43. The average Bonchev–Trinajstić information content (AvgIpc) is 2.92. The van der Waals surface area contributed by atoms with Crippen LogP contribution in [0.5, 0.6) is 0 Å². The van der Waals surface area contributed by atoms with Gasteiger partial charge in [0.2, 0.25) is 5.91 Å². The molecule has 0 spiro atoms. The maximum Gasteiger partial charge on any atom is 0.410 e. The second-order valence-corrected chi connectivity index (χ2v) is 11.8. The smallest absolute Gasteiger partial charge is 0.410 e. The van der Waals surface area contributed by atoms with Gasteiger partial charge in [0.25, 0.3) is 0 Å². The van der Waals surface area contributed by atoms with Crippen molar-refractivity contribution >= 4 is 12.0 Å². The fourth-order valence-corrected chi connectivity index (χ4v) is 5.56. The minimum atomic E-state index is -0.512. The average molecular weight is 521 g/mol. The number of nitrogens with zero attached hydrogens (tertiary/aromatic N) is 3. The summed E-state index contributed by atoms with van der Waals surface area (Å²) < 4.78 is 5.64. The minimum Gasteiger partial charge on any atom is -0.444 e. The second kappa shape index (κ2) is 12.3. The Morgan fingerprint density at radius 2 is 1.47 bits per heavy atom. The summed E-state index contributed by atoms with van der Waals surface area (Å²) in [6.45, 7) is 14.3. The lowest BCUT2D eigenvalue weighted by Crippen LogP contribution is -2.65. The standard InChI is InChI=1S/C31H44N4O3/c1-25(27-13-9-6-10-14-27)28(36)32-24-31(15-17-34(18-16-31)29(37)38-30(2,3)4)35-21-19-33(20-22-35)23-26-11-7-5-8-12-26/h5-14,25H,15-24H2,1-4H3,(H,32,36). The summed E-state index contributed by atoms with van der Waals surface area (Å²) in [6.07, 6.45) is 1.37. The molecule has 1 atom stereocenters. The third-order valence-electron chi connectivity index (χ3n) is 7.92. The SMILES string of the molecule is CC(C(=O)NCC1(N2CCN(Cc3ccccc3)CC2)CCN(C(=O)OC(C)(C)C)CC1)c1ccccc1. The number of benzene rings is 2. The summed E-state index contributed by atoms with van der Waals surface area (Å²) in [4.78, 5) is 32.8. The van der Waals surface area contributed by atoms with Gasteiger partial charge in [-0.1, -0.05) is 60.7 Å². The fourth-order valence-electron chi connectivity index (χ4n) is 5.56. The Hall–Kier alpha value is -2.90. The third-order valence-corrected chi connectivity index (χ3v) is 7.92. The zero-order chi connectivity index (χ0) is 27.2. The zero-order valence-corrected chi connectivity index (χ0v) is 23.5. The zero-order valence-electron chi connectivity index (χ0n) is 23.5. The topological polar surface area (TPSA) is 65.1 Å². The Morgan fingerprint density at radius 1 is 0.895 bits per heavy atom. The molecular formula is C31H44N4O3. The molecule has 2 amide bonds. The highest BCUT2D eigenvalue weighted by Crippen LogP contribution is 2.31. The lowest BCUT2D eigenvalue weighted by Gasteiger charge is -2.51. The maximum absolute atomic E-state index is 13.2. The van der Waals surface area contributed by atoms with Gasteiger partial charge in [-0.15, -0.1) is 0 Å². The first-order chi connectivity index (χ1) is 18.2. The normalized spacial score (nSPS) is 19.5. The summed E-state index contributed by atoms with van der Waals surface area (Å²) in [7, 11) is 0. The van der Waals surface area contributed by atoms with Gasteiger partial charge in [-0.2, -0.15) is 0 Å². The van der Waals surface area contributed by atoms with E-state index >= 15 is 0 Å². The molecule has 2 aromatic carbocycles. The fraction of sp³-hybridized carbons (Fsp3) is 0.548. The third kappa shape index (κ3) is 7.35. The maximum atomic E-state index is 13.2. The number of carbonyl (C=O) groups is 2. The van der Waals surface area contributed by atoms with Gasteiger partial charge in [0.15, 0.2) is 0 Å². The minimum absolute atomic E-state index is 0.0489. The number of carbonyl (C=O) groups excluding carboxylic acids is 2. The predicted molar refractivity (Wildman–Crippen MR) is 151 cm³/mol. The van der Waals surface area contributed by atoms with Gasteiger partial charge in [0, 0.05) is 57.9 Å². The van der Waals surface area contributed by atoms with E-state index in [4.69, 9.17) is 4.74 Å². The van der Waals surface area contributed by atoms with E-state index in [0.717, 1.165) is 51.1 Å². The van der Waals surface area contributed by atoms with Crippen LogP contribution in [0, 0.1) is 0 Å². The molecule has 7 heteroatoms. The van der Waals surface area contributed by atoms with Crippen LogP contribution in [0.2, 0.25) is 0 Å². The van der Waals surface area contributed by atoms with Crippen molar-refractivity contribution in [2.45, 2.75) is 64.1 Å². The Bertz CT molecular complexity index is 1040. The Labute approximate surface area is 228 Å². The van der Waals surface area contributed by atoms with Gasteiger partial charge >= 0.3 is 6.09 Å². The molecule has 2 aliphatic rings. The van der Waals surface area contributed by atoms with E-state index in [2.05, 4.69) is 45.4 Å². The van der Waals surface area contributed by atoms with Crippen LogP contribution in [0.4, 0.5) is 4.79 Å². The van der Waals surface area contributed by atoms with E-state index in [0.29, 0.717) is 19.6 Å². The van der Waals surface area contributed by atoms with Crippen molar-refractivity contribution in [3.8, 4) is 0 Å². The Balaban J connectivity index is 1.41. The molecule has 2 heterocycles. The molecule has 0 saturated carbocycles. The summed E-state index contributed by atoms with van der Waals surface area (Å²) in [5, 5.41) is 3.29. The van der Waals surface area contributed by atoms with Crippen LogP contribution in [0.1, 0.15) is 57.6 Å². The summed E-state index contributed by atoms with van der Waals surface area (Å²) in [5.74, 6) is -0.161. The number of ether oxygens (including phenoxy) is 1. The molecule has 0 aliphatic carbocycles. The van der Waals surface area contributed by atoms with Gasteiger partial charge in [0.05, 0.1) is 5.92 Å². The molecule has 7 nitrogen and oxygen atoms in total. The van der Waals surface area contributed by atoms with Crippen molar-refractivity contribution in [3.05, 3.63) is 71.8 Å². The lowest BCUT2D eigenvalue weighted by molar-refractivity contribution is -0.123. The highest BCUT2D eigenvalue weighted by molar-refractivity contribution is 5.83. The number of piperazine rings is 1. The molecule has 1 unspecified atom stereocenters. The first-order valence-electron chi connectivity index (χ1n) is 14.0. The van der Waals surface area contributed by atoms with Crippen LogP contribution >= 0.6 is 0 Å². The molecule has 2 fully saturated rings. The molecule has 2 aromatic rings. The van der Waals surface area contributed by atoms with E-state index in [1.165, 1.54) is 5.56 Å². The first kappa shape index (κ1) is 28.1. The number of nitrogens with one attached hydrogen (secondary N) is 1. The molecule has 4 rings (SSSR count). The summed E-state index contributed by atoms with van der Waals surface area (Å²) >= 11 is 0. The van der Waals surface area contributed by atoms with Gasteiger partial charge in [-0.25, -0.2) is 4.79 Å². The van der Waals surface area contributed by atoms with E-state index in [1.54, 1.807) is 0 Å². The molecule has 0 radical (unpaired) electrons. The van der Waals surface area contributed by atoms with Crippen LogP contribution in [0.25, 0.3) is 0 Å². The van der Waals surface area contributed by atoms with Crippen LogP contribution < -0.4 is 5.32 Å². The van der Waals surface area contributed by atoms with Crippen molar-refractivity contribution in [1.82, 2.24) is 20.0 Å². The van der Waals surface area contributed by atoms with Crippen LogP contribution in [-0.4, -0.2) is 83.7 Å². The number of piperidine rings is 1. The van der Waals surface area contributed by atoms with Gasteiger partial charge < -0.3 is 15.0 Å². The quantitative estimate of drug-likeness (QED) is 0.583. The van der Waals surface area contributed by atoms with Crippen molar-refractivity contribution in [2.75, 3.05) is 45.8 Å². The van der Waals surface area contributed by atoms with Crippen molar-refractivity contribution < 1.29 is 14.3 Å². The molecule has 0 aromatic heterocycles. The summed E-state index contributed by atoms with van der Waals surface area (Å²) in [6, 6.07) is 20.5. The van der Waals surface area contributed by atoms with E-state index in [9.17, 15) is 9.59 Å². The molecule has 0 bridgehead atoms. The monoisotopic (exact) mass is 520 g/mol. The van der Waals surface area contributed by atoms with Crippen LogP contribution in [-0.2, 0) is 16.1 Å². The Morgan fingerprint density at radius 3 is 2.05 bits per heavy atom. The molecule has 206 valence electrons. The van der Waals surface area contributed by atoms with Gasteiger partial charge in [-0.3, -0.25) is 14.6 Å².